The molecule has 0 amide bonds. The van der Waals surface area contributed by atoms with E-state index in [0.29, 0.717) is 6.04 Å². The van der Waals surface area contributed by atoms with Crippen molar-refractivity contribution < 1.29 is 9.90 Å². The molecule has 102 valence electrons. The smallest absolute Gasteiger partial charge is 0.354 e. The lowest BCUT2D eigenvalue weighted by atomic mass is 9.84. The summed E-state index contributed by atoms with van der Waals surface area (Å²) in [6.07, 6.45) is 7.18. The number of hydrogen-bond acceptors (Lipinski definition) is 3. The highest BCUT2D eigenvalue weighted by Crippen LogP contribution is 2.49. The first-order valence-electron chi connectivity index (χ1n) is 7.09. The summed E-state index contributed by atoms with van der Waals surface area (Å²) in [5.74, 6) is 1.62. The van der Waals surface area contributed by atoms with Crippen LogP contribution in [0, 0.1) is 17.8 Å². The van der Waals surface area contributed by atoms with E-state index in [2.05, 4.69) is 17.2 Å². The van der Waals surface area contributed by atoms with Gasteiger partial charge in [0.1, 0.15) is 5.69 Å². The summed E-state index contributed by atoms with van der Waals surface area (Å²) in [4.78, 5) is 14.7. The number of carboxylic acid groups (broad SMARTS) is 1. The number of anilines is 1. The zero-order chi connectivity index (χ0) is 13.4. The molecule has 2 bridgehead atoms. The monoisotopic (exact) mass is 260 g/mol. The molecule has 3 rings (SSSR count). The summed E-state index contributed by atoms with van der Waals surface area (Å²) in [6.45, 7) is 2.23. The normalized spacial score (nSPS) is 30.3. The van der Waals surface area contributed by atoms with Crippen molar-refractivity contribution in [1.82, 2.24) is 4.98 Å². The average molecular weight is 260 g/mol. The highest BCUT2D eigenvalue weighted by atomic mass is 16.4. The Morgan fingerprint density at radius 3 is 2.79 bits per heavy atom. The van der Waals surface area contributed by atoms with Gasteiger partial charge in [0.25, 0.3) is 0 Å². The van der Waals surface area contributed by atoms with E-state index in [0.717, 1.165) is 23.4 Å². The Hall–Kier alpha value is -1.58. The summed E-state index contributed by atoms with van der Waals surface area (Å²) in [7, 11) is 0. The third-order valence-corrected chi connectivity index (χ3v) is 4.81. The van der Waals surface area contributed by atoms with Crippen molar-refractivity contribution in [3.8, 4) is 0 Å². The third kappa shape index (κ3) is 2.44. The van der Waals surface area contributed by atoms with Gasteiger partial charge >= 0.3 is 5.97 Å². The molecule has 0 aromatic carbocycles. The molecule has 2 saturated carbocycles. The molecule has 0 aliphatic heterocycles. The molecular formula is C15H20N2O2. The Balaban J connectivity index is 1.63. The molecule has 2 fully saturated rings. The molecule has 0 radical (unpaired) electrons. The first kappa shape index (κ1) is 12.5. The van der Waals surface area contributed by atoms with Crippen molar-refractivity contribution in [2.75, 3.05) is 5.32 Å². The highest BCUT2D eigenvalue weighted by molar-refractivity contribution is 5.85. The second-order valence-corrected chi connectivity index (χ2v) is 6.01. The topological polar surface area (TPSA) is 62.2 Å². The van der Waals surface area contributed by atoms with Crippen LogP contribution in [-0.2, 0) is 0 Å². The molecule has 0 saturated heterocycles. The maximum atomic E-state index is 10.7. The number of nitrogens with zero attached hydrogens (tertiary/aromatic N) is 1. The molecule has 1 aromatic rings. The summed E-state index contributed by atoms with van der Waals surface area (Å²) in [5.41, 5.74) is 1.01. The lowest BCUT2D eigenvalue weighted by molar-refractivity contribution is 0.0690. The SMILES string of the molecule is CC(Nc1ccc(C(=O)O)nc1)C1CC2CCC1C2. The Kier molecular flexibility index (Phi) is 3.17. The van der Waals surface area contributed by atoms with Gasteiger partial charge in [-0.15, -0.1) is 0 Å². The second-order valence-electron chi connectivity index (χ2n) is 6.01. The fraction of sp³-hybridized carbons (Fsp3) is 0.600. The van der Waals surface area contributed by atoms with Crippen molar-refractivity contribution in [2.45, 2.75) is 38.6 Å². The van der Waals surface area contributed by atoms with Gasteiger partial charge in [0.05, 0.1) is 11.9 Å². The number of carboxylic acids is 1. The number of carbonyl (C=O) groups is 1. The summed E-state index contributed by atoms with van der Waals surface area (Å²) < 4.78 is 0. The molecule has 1 heterocycles. The van der Waals surface area contributed by atoms with Gasteiger partial charge in [0, 0.05) is 6.04 Å². The van der Waals surface area contributed by atoms with Gasteiger partial charge in [-0.05, 0) is 56.1 Å². The van der Waals surface area contributed by atoms with Crippen LogP contribution in [0.25, 0.3) is 0 Å². The van der Waals surface area contributed by atoms with Crippen LogP contribution < -0.4 is 5.32 Å². The number of rotatable bonds is 4. The first-order chi connectivity index (χ1) is 9.13. The van der Waals surface area contributed by atoms with Crippen LogP contribution in [0.3, 0.4) is 0 Å². The molecule has 4 nitrogen and oxygen atoms in total. The molecule has 2 aliphatic carbocycles. The van der Waals surface area contributed by atoms with Crippen molar-refractivity contribution in [3.63, 3.8) is 0 Å². The number of nitrogens with one attached hydrogen (secondary N) is 1. The number of aromatic carboxylic acids is 1. The van der Waals surface area contributed by atoms with E-state index in [1.807, 2.05) is 0 Å². The first-order valence-corrected chi connectivity index (χ1v) is 7.09. The molecule has 2 N–H and O–H groups in total. The second kappa shape index (κ2) is 4.83. The standard InChI is InChI=1S/C15H20N2O2/c1-9(13-7-10-2-3-11(13)6-10)17-12-4-5-14(15(18)19)16-8-12/h4-5,8-11,13,17H,2-3,6-7H2,1H3,(H,18,19). The zero-order valence-electron chi connectivity index (χ0n) is 11.2. The molecule has 4 unspecified atom stereocenters. The zero-order valence-corrected chi connectivity index (χ0v) is 11.2. The number of pyridine rings is 1. The van der Waals surface area contributed by atoms with Crippen LogP contribution in [0.1, 0.15) is 43.1 Å². The minimum atomic E-state index is -0.979. The third-order valence-electron chi connectivity index (χ3n) is 4.81. The molecule has 1 aromatic heterocycles. The fourth-order valence-electron chi connectivity index (χ4n) is 3.88. The maximum absolute atomic E-state index is 10.7. The van der Waals surface area contributed by atoms with Crippen LogP contribution in [0.4, 0.5) is 5.69 Å². The van der Waals surface area contributed by atoms with E-state index < -0.39 is 5.97 Å². The van der Waals surface area contributed by atoms with Crippen molar-refractivity contribution >= 4 is 11.7 Å². The summed E-state index contributed by atoms with van der Waals surface area (Å²) >= 11 is 0. The van der Waals surface area contributed by atoms with Crippen LogP contribution in [0.15, 0.2) is 18.3 Å². The lowest BCUT2D eigenvalue weighted by Crippen LogP contribution is -2.30. The lowest BCUT2D eigenvalue weighted by Gasteiger charge is -2.29. The quantitative estimate of drug-likeness (QED) is 0.873. The Bertz CT molecular complexity index is 472. The molecule has 2 aliphatic rings. The van der Waals surface area contributed by atoms with Crippen LogP contribution in [0.2, 0.25) is 0 Å². The minimum absolute atomic E-state index is 0.0955. The van der Waals surface area contributed by atoms with Gasteiger partial charge in [-0.3, -0.25) is 0 Å². The van der Waals surface area contributed by atoms with E-state index in [1.54, 1.807) is 18.3 Å². The average Bonchev–Trinajstić information content (AvgIpc) is 3.01. The van der Waals surface area contributed by atoms with E-state index >= 15 is 0 Å². The van der Waals surface area contributed by atoms with E-state index in [1.165, 1.54) is 25.7 Å². The minimum Gasteiger partial charge on any atom is -0.477 e. The molecule has 19 heavy (non-hydrogen) atoms. The van der Waals surface area contributed by atoms with Crippen LogP contribution in [0.5, 0.6) is 0 Å². The summed E-state index contributed by atoms with van der Waals surface area (Å²) in [5, 5.41) is 12.3. The molecule has 4 heteroatoms. The largest absolute Gasteiger partial charge is 0.477 e. The van der Waals surface area contributed by atoms with Gasteiger partial charge in [0.2, 0.25) is 0 Å². The van der Waals surface area contributed by atoms with Crippen LogP contribution >= 0.6 is 0 Å². The highest BCUT2D eigenvalue weighted by Gasteiger charge is 2.41. The van der Waals surface area contributed by atoms with Crippen molar-refractivity contribution in [1.29, 1.82) is 0 Å². The van der Waals surface area contributed by atoms with Gasteiger partial charge < -0.3 is 10.4 Å². The van der Waals surface area contributed by atoms with E-state index in [-0.39, 0.29) is 5.69 Å². The maximum Gasteiger partial charge on any atom is 0.354 e. The molecule has 4 atom stereocenters. The Labute approximate surface area is 113 Å². The Morgan fingerprint density at radius 2 is 2.26 bits per heavy atom. The van der Waals surface area contributed by atoms with Gasteiger partial charge in [-0.1, -0.05) is 6.42 Å². The van der Waals surface area contributed by atoms with Crippen molar-refractivity contribution in [3.05, 3.63) is 24.0 Å². The van der Waals surface area contributed by atoms with Gasteiger partial charge in [-0.2, -0.15) is 0 Å². The van der Waals surface area contributed by atoms with Crippen molar-refractivity contribution in [2.24, 2.45) is 17.8 Å². The van der Waals surface area contributed by atoms with Gasteiger partial charge in [-0.25, -0.2) is 9.78 Å². The van der Waals surface area contributed by atoms with E-state index in [4.69, 9.17) is 5.11 Å². The molecular weight excluding hydrogens is 240 g/mol. The predicted molar refractivity (Wildman–Crippen MR) is 73.2 cm³/mol. The molecule has 0 spiro atoms. The van der Waals surface area contributed by atoms with Gasteiger partial charge in [0.15, 0.2) is 0 Å². The number of fused-ring (bicyclic) bond motifs is 2. The number of hydrogen-bond donors (Lipinski definition) is 2. The summed E-state index contributed by atoms with van der Waals surface area (Å²) in [6, 6.07) is 3.80. The van der Waals surface area contributed by atoms with Crippen LogP contribution in [-0.4, -0.2) is 22.1 Å². The predicted octanol–water partition coefficient (Wildman–Crippen LogP) is 3.02. The Morgan fingerprint density at radius 1 is 1.42 bits per heavy atom. The number of aromatic nitrogens is 1. The van der Waals surface area contributed by atoms with E-state index in [9.17, 15) is 4.79 Å². The fourth-order valence-corrected chi connectivity index (χ4v) is 3.88.